The zero-order chi connectivity index (χ0) is 18.8. The van der Waals surface area contributed by atoms with Crippen LogP contribution in [0.5, 0.6) is 0 Å². The van der Waals surface area contributed by atoms with E-state index in [9.17, 15) is 0 Å². The highest BCUT2D eigenvalue weighted by Gasteiger charge is 2.13. The maximum absolute atomic E-state index is 6.10. The lowest BCUT2D eigenvalue weighted by atomic mass is 10.2. The first kappa shape index (κ1) is 20.9. The van der Waals surface area contributed by atoms with Crippen molar-refractivity contribution in [1.29, 1.82) is 0 Å². The minimum atomic E-state index is 0. The molecule has 0 saturated heterocycles. The Morgan fingerprint density at radius 3 is 2.43 bits per heavy atom. The van der Waals surface area contributed by atoms with Crippen LogP contribution in [-0.2, 0) is 6.54 Å². The Bertz CT molecular complexity index is 1100. The molecule has 4 rings (SSSR count). The highest BCUT2D eigenvalue weighted by Crippen LogP contribution is 2.26. The van der Waals surface area contributed by atoms with Gasteiger partial charge in [0, 0.05) is 22.2 Å². The number of nitrogens with zero attached hydrogens (tertiary/aromatic N) is 2. The maximum Gasteiger partial charge on any atom is 0.232 e. The van der Waals surface area contributed by atoms with Crippen molar-refractivity contribution in [1.82, 2.24) is 4.98 Å². The summed E-state index contributed by atoms with van der Waals surface area (Å²) >= 11 is 18.0. The highest BCUT2D eigenvalue weighted by molar-refractivity contribution is 6.42. The molecule has 0 unspecified atom stereocenters. The molecule has 0 spiro atoms. The SMILES string of the molecule is Clc1ccc(-c2cnc(-c3ccc[n+](Cc4ccc(Cl)c(Cl)c4)c3)o2)cc1.[Br-]. The molecule has 0 N–H and O–H groups in total. The van der Waals surface area contributed by atoms with E-state index in [0.29, 0.717) is 33.3 Å². The molecule has 28 heavy (non-hydrogen) atoms. The second-order valence-corrected chi connectivity index (χ2v) is 7.30. The zero-order valence-electron chi connectivity index (χ0n) is 14.4. The molecule has 2 aromatic carbocycles. The van der Waals surface area contributed by atoms with Crippen molar-refractivity contribution in [3.8, 4) is 22.8 Å². The first-order chi connectivity index (χ1) is 13.1. The van der Waals surface area contributed by atoms with Gasteiger partial charge in [0.15, 0.2) is 24.7 Å². The van der Waals surface area contributed by atoms with Gasteiger partial charge in [0.05, 0.1) is 16.2 Å². The van der Waals surface area contributed by atoms with Crippen molar-refractivity contribution < 1.29 is 26.0 Å². The van der Waals surface area contributed by atoms with Crippen molar-refractivity contribution in [3.63, 3.8) is 0 Å². The Hall–Kier alpha value is -1.85. The number of benzene rings is 2. The van der Waals surface area contributed by atoms with Gasteiger partial charge in [0.25, 0.3) is 0 Å². The molecule has 0 atom stereocenters. The number of rotatable bonds is 4. The van der Waals surface area contributed by atoms with E-state index in [2.05, 4.69) is 4.98 Å². The quantitative estimate of drug-likeness (QED) is 0.406. The summed E-state index contributed by atoms with van der Waals surface area (Å²) in [7, 11) is 0. The topological polar surface area (TPSA) is 29.9 Å². The van der Waals surface area contributed by atoms with Gasteiger partial charge in [-0.25, -0.2) is 4.98 Å². The summed E-state index contributed by atoms with van der Waals surface area (Å²) in [6.45, 7) is 0.662. The predicted molar refractivity (Wildman–Crippen MR) is 108 cm³/mol. The van der Waals surface area contributed by atoms with Gasteiger partial charge in [-0.2, -0.15) is 4.57 Å². The fourth-order valence-corrected chi connectivity index (χ4v) is 3.20. The van der Waals surface area contributed by atoms with E-state index in [1.165, 1.54) is 0 Å². The molecule has 4 aromatic rings. The third-order valence-electron chi connectivity index (χ3n) is 4.09. The normalized spacial score (nSPS) is 10.5. The van der Waals surface area contributed by atoms with Crippen molar-refractivity contribution in [2.24, 2.45) is 0 Å². The fourth-order valence-electron chi connectivity index (χ4n) is 2.75. The molecule has 2 heterocycles. The molecule has 0 aliphatic heterocycles. The maximum atomic E-state index is 6.10. The molecule has 0 radical (unpaired) electrons. The molecule has 3 nitrogen and oxygen atoms in total. The number of halogens is 4. The van der Waals surface area contributed by atoms with Crippen molar-refractivity contribution >= 4 is 34.8 Å². The van der Waals surface area contributed by atoms with Gasteiger partial charge in [-0.05, 0) is 42.5 Å². The first-order valence-electron chi connectivity index (χ1n) is 8.24. The lowest BCUT2D eigenvalue weighted by molar-refractivity contribution is -0.687. The second kappa shape index (κ2) is 9.10. The van der Waals surface area contributed by atoms with E-state index < -0.39 is 0 Å². The van der Waals surface area contributed by atoms with E-state index >= 15 is 0 Å². The van der Waals surface area contributed by atoms with Crippen LogP contribution in [-0.4, -0.2) is 4.98 Å². The summed E-state index contributed by atoms with van der Waals surface area (Å²) in [5.41, 5.74) is 2.87. The molecule has 2 aromatic heterocycles. The highest BCUT2D eigenvalue weighted by atomic mass is 79.9. The van der Waals surface area contributed by atoms with Gasteiger partial charge < -0.3 is 21.4 Å². The molecule has 0 saturated carbocycles. The molecule has 0 fully saturated rings. The largest absolute Gasteiger partial charge is 1.00 e. The van der Waals surface area contributed by atoms with Crippen LogP contribution < -0.4 is 21.5 Å². The summed E-state index contributed by atoms with van der Waals surface area (Å²) in [5, 5.41) is 1.78. The molecule has 0 aliphatic carbocycles. The molecule has 0 amide bonds. The Kier molecular flexibility index (Phi) is 6.78. The Morgan fingerprint density at radius 1 is 0.893 bits per heavy atom. The summed E-state index contributed by atoms with van der Waals surface area (Å²) in [4.78, 5) is 4.41. The predicted octanol–water partition coefficient (Wildman–Crippen LogP) is 3.31. The zero-order valence-corrected chi connectivity index (χ0v) is 18.3. The Labute approximate surface area is 188 Å². The Balaban J connectivity index is 0.00000225. The van der Waals surface area contributed by atoms with Crippen LogP contribution in [0.4, 0.5) is 0 Å². The number of aromatic nitrogens is 2. The summed E-state index contributed by atoms with van der Waals surface area (Å²) in [6.07, 6.45) is 5.68. The lowest BCUT2D eigenvalue weighted by Gasteiger charge is -2.01. The molecule has 0 aliphatic rings. The standard InChI is InChI=1S/C21H14Cl3N2O.BrH/c22-17-6-4-15(5-7-17)20-11-25-21(27-20)16-2-1-9-26(13-16)12-14-3-8-18(23)19(24)10-14;/h1-11,13H,12H2;1H/q+1;/p-1. The average Bonchev–Trinajstić information content (AvgIpc) is 3.16. The van der Waals surface area contributed by atoms with E-state index in [-0.39, 0.29) is 17.0 Å². The third kappa shape index (κ3) is 4.76. The number of oxazole rings is 1. The van der Waals surface area contributed by atoms with Gasteiger partial charge in [-0.1, -0.05) is 40.9 Å². The van der Waals surface area contributed by atoms with Crippen LogP contribution in [0.15, 0.2) is 77.6 Å². The van der Waals surface area contributed by atoms with Crippen molar-refractivity contribution in [2.75, 3.05) is 0 Å². The van der Waals surface area contributed by atoms with E-state index in [4.69, 9.17) is 39.2 Å². The molecule has 142 valence electrons. The van der Waals surface area contributed by atoms with Crippen molar-refractivity contribution in [2.45, 2.75) is 6.54 Å². The van der Waals surface area contributed by atoms with Crippen LogP contribution >= 0.6 is 34.8 Å². The lowest BCUT2D eigenvalue weighted by Crippen LogP contribution is -3.00. The minimum absolute atomic E-state index is 0. The number of hydrogen-bond donors (Lipinski definition) is 0. The average molecular weight is 497 g/mol. The number of pyridine rings is 1. The van der Waals surface area contributed by atoms with Gasteiger partial charge in [-0.15, -0.1) is 0 Å². The molecular weight excluding hydrogens is 483 g/mol. The fraction of sp³-hybridized carbons (Fsp3) is 0.0476. The second-order valence-electron chi connectivity index (χ2n) is 6.05. The van der Waals surface area contributed by atoms with Gasteiger partial charge in [-0.3, -0.25) is 0 Å². The van der Waals surface area contributed by atoms with E-state index in [1.807, 2.05) is 65.5 Å². The summed E-state index contributed by atoms with van der Waals surface area (Å²) in [6, 6.07) is 17.0. The first-order valence-corrected chi connectivity index (χ1v) is 9.37. The van der Waals surface area contributed by atoms with Gasteiger partial charge >= 0.3 is 0 Å². The van der Waals surface area contributed by atoms with Crippen LogP contribution in [0.1, 0.15) is 5.56 Å². The monoisotopic (exact) mass is 494 g/mol. The number of hydrogen-bond acceptors (Lipinski definition) is 2. The molecule has 0 bridgehead atoms. The van der Waals surface area contributed by atoms with Crippen LogP contribution in [0, 0.1) is 0 Å². The molecule has 7 heteroatoms. The Morgan fingerprint density at radius 2 is 1.68 bits per heavy atom. The van der Waals surface area contributed by atoms with Crippen molar-refractivity contribution in [3.05, 3.63) is 93.8 Å². The molecular formula is C21H14BrCl3N2O. The minimum Gasteiger partial charge on any atom is -1.00 e. The summed E-state index contributed by atoms with van der Waals surface area (Å²) in [5.74, 6) is 1.25. The van der Waals surface area contributed by atoms with Crippen LogP contribution in [0.2, 0.25) is 15.1 Å². The smallest absolute Gasteiger partial charge is 0.232 e. The summed E-state index contributed by atoms with van der Waals surface area (Å²) < 4.78 is 7.97. The van der Waals surface area contributed by atoms with Crippen LogP contribution in [0.3, 0.4) is 0 Å². The van der Waals surface area contributed by atoms with Gasteiger partial charge in [0.1, 0.15) is 5.56 Å². The van der Waals surface area contributed by atoms with Gasteiger partial charge in [0.2, 0.25) is 5.89 Å². The van der Waals surface area contributed by atoms with E-state index in [0.717, 1.165) is 16.7 Å². The van der Waals surface area contributed by atoms with Crippen LogP contribution in [0.25, 0.3) is 22.8 Å². The van der Waals surface area contributed by atoms with E-state index in [1.54, 1.807) is 12.3 Å². The third-order valence-corrected chi connectivity index (χ3v) is 5.08.